The number of carbonyl (C=O) groups is 3. The predicted octanol–water partition coefficient (Wildman–Crippen LogP) is 1.62. The number of amides is 2. The number of halogens is 1. The lowest BCUT2D eigenvalue weighted by Gasteiger charge is -2.14. The minimum absolute atomic E-state index is 0.0611. The fraction of sp³-hybridized carbons (Fsp3) is 0.273. The van der Waals surface area contributed by atoms with E-state index in [0.29, 0.717) is 27.5 Å². The Morgan fingerprint density at radius 3 is 2.52 bits per heavy atom. The van der Waals surface area contributed by atoms with Gasteiger partial charge in [0.05, 0.1) is 13.7 Å². The van der Waals surface area contributed by atoms with Gasteiger partial charge in [0, 0.05) is 28.3 Å². The van der Waals surface area contributed by atoms with Gasteiger partial charge in [0.25, 0.3) is 11.8 Å². The van der Waals surface area contributed by atoms with Crippen LogP contribution in [0.15, 0.2) is 36.4 Å². The van der Waals surface area contributed by atoms with Crippen LogP contribution in [0.1, 0.15) is 28.4 Å². The van der Waals surface area contributed by atoms with E-state index >= 15 is 0 Å². The second-order valence-electron chi connectivity index (χ2n) is 6.67. The highest BCUT2D eigenvalue weighted by molar-refractivity contribution is 6.31. The van der Waals surface area contributed by atoms with E-state index in [4.69, 9.17) is 37.0 Å². The van der Waals surface area contributed by atoms with E-state index in [9.17, 15) is 14.4 Å². The number of hydrogen-bond donors (Lipinski definition) is 4. The molecule has 0 aliphatic rings. The highest BCUT2D eigenvalue weighted by atomic mass is 35.5. The highest BCUT2D eigenvalue weighted by Gasteiger charge is 2.14. The van der Waals surface area contributed by atoms with Gasteiger partial charge in [-0.3, -0.25) is 19.8 Å². The molecule has 0 spiro atoms. The number of nitrogen functional groups attached to an aromatic ring is 1. The third-order valence-corrected chi connectivity index (χ3v) is 4.50. The molecule has 0 saturated heterocycles. The molecule has 2 aromatic rings. The molecule has 5 N–H and O–H groups in total. The van der Waals surface area contributed by atoms with Crippen molar-refractivity contribution in [1.29, 1.82) is 5.41 Å². The van der Waals surface area contributed by atoms with Crippen molar-refractivity contribution >= 4 is 35.2 Å². The Bertz CT molecular complexity index is 1040. The first-order chi connectivity index (χ1) is 15.7. The van der Waals surface area contributed by atoms with Crippen LogP contribution in [0.2, 0.25) is 5.02 Å². The van der Waals surface area contributed by atoms with Gasteiger partial charge in [-0.2, -0.15) is 0 Å². The Morgan fingerprint density at radius 1 is 1.09 bits per heavy atom. The lowest BCUT2D eigenvalue weighted by molar-refractivity contribution is -0.143. The monoisotopic (exact) mass is 476 g/mol. The fourth-order valence-corrected chi connectivity index (χ4v) is 2.89. The summed E-state index contributed by atoms with van der Waals surface area (Å²) in [4.78, 5) is 35.9. The summed E-state index contributed by atoms with van der Waals surface area (Å²) in [5, 5.41) is 13.1. The molecule has 0 heterocycles. The molecule has 0 saturated carbocycles. The van der Waals surface area contributed by atoms with Gasteiger partial charge in [0.15, 0.2) is 6.61 Å². The molecule has 11 heteroatoms. The molecule has 2 aromatic carbocycles. The third-order valence-electron chi connectivity index (χ3n) is 4.28. The van der Waals surface area contributed by atoms with Gasteiger partial charge in [-0.25, -0.2) is 0 Å². The summed E-state index contributed by atoms with van der Waals surface area (Å²) in [6.07, 6.45) is 0. The molecule has 176 valence electrons. The van der Waals surface area contributed by atoms with Gasteiger partial charge in [-0.05, 0) is 31.2 Å². The van der Waals surface area contributed by atoms with Crippen LogP contribution in [-0.4, -0.2) is 50.5 Å². The van der Waals surface area contributed by atoms with Crippen LogP contribution >= 0.6 is 11.6 Å². The van der Waals surface area contributed by atoms with E-state index in [0.717, 1.165) is 0 Å². The molecule has 0 aliphatic heterocycles. The van der Waals surface area contributed by atoms with E-state index in [1.807, 2.05) is 0 Å². The van der Waals surface area contributed by atoms with Crippen LogP contribution in [0.5, 0.6) is 11.5 Å². The predicted molar refractivity (Wildman–Crippen MR) is 122 cm³/mol. The zero-order chi connectivity index (χ0) is 24.4. The third kappa shape index (κ3) is 8.00. The summed E-state index contributed by atoms with van der Waals surface area (Å²) in [5.74, 6) is -1.00. The van der Waals surface area contributed by atoms with Gasteiger partial charge >= 0.3 is 5.97 Å². The standard InChI is InChI=1S/C22H25ClN4O6/c1-3-32-20(29)11-26-19(28)12-33-18-8-13(21(24)25)4-5-14(18)10-27-22(30)15-6-16(23)9-17(7-15)31-2/h4-9H,3,10-12H2,1-2H3,(H3,24,25)(H,26,28)(H,27,30). The van der Waals surface area contributed by atoms with E-state index < -0.39 is 24.4 Å². The number of ether oxygens (including phenoxy) is 3. The Morgan fingerprint density at radius 2 is 1.85 bits per heavy atom. The van der Waals surface area contributed by atoms with E-state index in [2.05, 4.69) is 10.6 Å². The van der Waals surface area contributed by atoms with Crippen molar-refractivity contribution in [3.63, 3.8) is 0 Å². The Balaban J connectivity index is 2.08. The zero-order valence-electron chi connectivity index (χ0n) is 18.2. The molecule has 2 amide bonds. The molecule has 0 fully saturated rings. The maximum atomic E-state index is 12.6. The zero-order valence-corrected chi connectivity index (χ0v) is 19.0. The Labute approximate surface area is 195 Å². The smallest absolute Gasteiger partial charge is 0.325 e. The first kappa shape index (κ1) is 25.5. The van der Waals surface area contributed by atoms with Gasteiger partial charge < -0.3 is 30.6 Å². The summed E-state index contributed by atoms with van der Waals surface area (Å²) >= 11 is 6.02. The summed E-state index contributed by atoms with van der Waals surface area (Å²) in [6.45, 7) is 1.25. The van der Waals surface area contributed by atoms with Gasteiger partial charge in [-0.1, -0.05) is 23.7 Å². The van der Waals surface area contributed by atoms with E-state index in [1.54, 1.807) is 31.2 Å². The maximum Gasteiger partial charge on any atom is 0.325 e. The Kier molecular flexibility index (Phi) is 9.49. The number of rotatable bonds is 11. The highest BCUT2D eigenvalue weighted by Crippen LogP contribution is 2.23. The first-order valence-corrected chi connectivity index (χ1v) is 10.3. The van der Waals surface area contributed by atoms with Crippen molar-refractivity contribution in [3.05, 3.63) is 58.1 Å². The lowest BCUT2D eigenvalue weighted by atomic mass is 10.1. The second-order valence-corrected chi connectivity index (χ2v) is 7.11. The molecule has 0 bridgehead atoms. The summed E-state index contributed by atoms with van der Waals surface area (Å²) < 4.78 is 15.4. The molecule has 0 aromatic heterocycles. The number of benzene rings is 2. The van der Waals surface area contributed by atoms with Gasteiger partial charge in [-0.15, -0.1) is 0 Å². The average Bonchev–Trinajstić information content (AvgIpc) is 2.79. The van der Waals surface area contributed by atoms with Crippen molar-refractivity contribution in [1.82, 2.24) is 10.6 Å². The summed E-state index contributed by atoms with van der Waals surface area (Å²) in [5.41, 5.74) is 6.77. The van der Waals surface area contributed by atoms with Crippen LogP contribution in [0, 0.1) is 5.41 Å². The molecule has 2 rings (SSSR count). The molecular weight excluding hydrogens is 452 g/mol. The van der Waals surface area contributed by atoms with Crippen molar-refractivity contribution < 1.29 is 28.6 Å². The van der Waals surface area contributed by atoms with Crippen LogP contribution in [0.4, 0.5) is 0 Å². The number of hydrogen-bond acceptors (Lipinski definition) is 7. The number of methoxy groups -OCH3 is 1. The van der Waals surface area contributed by atoms with Crippen molar-refractivity contribution in [2.24, 2.45) is 5.73 Å². The summed E-state index contributed by atoms with van der Waals surface area (Å²) in [6, 6.07) is 9.35. The largest absolute Gasteiger partial charge is 0.497 e. The number of nitrogens with one attached hydrogen (secondary N) is 3. The van der Waals surface area contributed by atoms with Gasteiger partial charge in [0.1, 0.15) is 23.9 Å². The van der Waals surface area contributed by atoms with E-state index in [-0.39, 0.29) is 31.3 Å². The second kappa shape index (κ2) is 12.3. The molecule has 10 nitrogen and oxygen atoms in total. The number of nitrogens with two attached hydrogens (primary N) is 1. The van der Waals surface area contributed by atoms with Crippen LogP contribution in [0.3, 0.4) is 0 Å². The number of amidine groups is 1. The molecule has 0 unspecified atom stereocenters. The average molecular weight is 477 g/mol. The molecular formula is C22H25ClN4O6. The normalized spacial score (nSPS) is 10.2. The topological polar surface area (TPSA) is 153 Å². The molecule has 0 aliphatic carbocycles. The minimum atomic E-state index is -0.564. The fourth-order valence-electron chi connectivity index (χ4n) is 2.67. The van der Waals surface area contributed by atoms with Crippen LogP contribution in [0.25, 0.3) is 0 Å². The first-order valence-electron chi connectivity index (χ1n) is 9.88. The quantitative estimate of drug-likeness (QED) is 0.218. The minimum Gasteiger partial charge on any atom is -0.497 e. The van der Waals surface area contributed by atoms with Crippen molar-refractivity contribution in [2.75, 3.05) is 26.9 Å². The van der Waals surface area contributed by atoms with Crippen LogP contribution in [-0.2, 0) is 20.9 Å². The SMILES string of the molecule is CCOC(=O)CNC(=O)COc1cc(C(=N)N)ccc1CNC(=O)c1cc(Cl)cc(OC)c1. The summed E-state index contributed by atoms with van der Waals surface area (Å²) in [7, 11) is 1.47. The molecule has 33 heavy (non-hydrogen) atoms. The molecule has 0 radical (unpaired) electrons. The molecule has 0 atom stereocenters. The number of carbonyl (C=O) groups excluding carboxylic acids is 3. The van der Waals surface area contributed by atoms with Gasteiger partial charge in [0.2, 0.25) is 0 Å². The Hall–Kier alpha value is -3.79. The van der Waals surface area contributed by atoms with Crippen LogP contribution < -0.4 is 25.8 Å². The number of esters is 1. The van der Waals surface area contributed by atoms with E-state index in [1.165, 1.54) is 19.2 Å². The van der Waals surface area contributed by atoms with Crippen molar-refractivity contribution in [3.8, 4) is 11.5 Å². The lowest BCUT2D eigenvalue weighted by Crippen LogP contribution is -2.34. The maximum absolute atomic E-state index is 12.6. The van der Waals surface area contributed by atoms with Crippen molar-refractivity contribution in [2.45, 2.75) is 13.5 Å².